The monoisotopic (exact) mass is 927 g/mol. The molecule has 6 aromatic rings. The molecular formula is C48H50ClN11O5S. The van der Waals surface area contributed by atoms with Crippen molar-refractivity contribution in [1.82, 2.24) is 45.5 Å². The van der Waals surface area contributed by atoms with Gasteiger partial charge in [-0.2, -0.15) is 0 Å². The second-order valence-electron chi connectivity index (χ2n) is 15.7. The molecule has 2 aliphatic rings. The fourth-order valence-electron chi connectivity index (χ4n) is 8.05. The molecule has 18 heteroatoms. The predicted octanol–water partition coefficient (Wildman–Crippen LogP) is 6.64. The Morgan fingerprint density at radius 1 is 0.636 bits per heavy atom. The molecule has 4 heterocycles. The van der Waals surface area contributed by atoms with Crippen LogP contribution in [0.5, 0.6) is 11.5 Å². The molecule has 0 saturated heterocycles. The Hall–Kier alpha value is -6.85. The number of hydrogen-bond acceptors (Lipinski definition) is 12. The first kappa shape index (κ1) is 45.7. The lowest BCUT2D eigenvalue weighted by atomic mass is 10.00. The lowest BCUT2D eigenvalue weighted by Gasteiger charge is -2.14. The number of carbonyl (C=O) groups excluding carboxylic acids is 3. The van der Waals surface area contributed by atoms with Crippen LogP contribution in [0.3, 0.4) is 0 Å². The third kappa shape index (κ3) is 10.0. The number of nitrogens with one attached hydrogen (secondary N) is 3. The van der Waals surface area contributed by atoms with Crippen molar-refractivity contribution in [3.8, 4) is 22.9 Å². The summed E-state index contributed by atoms with van der Waals surface area (Å²) >= 11 is 7.67. The minimum atomic E-state index is -0.611. The van der Waals surface area contributed by atoms with Crippen LogP contribution in [-0.2, 0) is 14.4 Å². The molecular weight excluding hydrogens is 878 g/mol. The quantitative estimate of drug-likeness (QED) is 0.0660. The van der Waals surface area contributed by atoms with E-state index in [1.54, 1.807) is 14.2 Å². The smallest absolute Gasteiger partial charge is 0.230 e. The van der Waals surface area contributed by atoms with E-state index in [1.165, 1.54) is 11.8 Å². The molecule has 4 aromatic carbocycles. The summed E-state index contributed by atoms with van der Waals surface area (Å²) in [6.07, 6.45) is 1.53. The van der Waals surface area contributed by atoms with Gasteiger partial charge in [-0.15, -0.1) is 32.2 Å². The number of amides is 3. The third-order valence-electron chi connectivity index (χ3n) is 11.3. The van der Waals surface area contributed by atoms with E-state index in [2.05, 4.69) is 36.3 Å². The van der Waals surface area contributed by atoms with Gasteiger partial charge < -0.3 is 25.4 Å². The van der Waals surface area contributed by atoms with Crippen LogP contribution in [-0.4, -0.2) is 98.3 Å². The van der Waals surface area contributed by atoms with Crippen molar-refractivity contribution in [3.05, 3.63) is 136 Å². The van der Waals surface area contributed by atoms with Crippen LogP contribution in [0, 0.1) is 13.8 Å². The molecule has 0 fully saturated rings. The van der Waals surface area contributed by atoms with Crippen LogP contribution in [0.15, 0.2) is 99.8 Å². The number of aromatic nitrogens is 6. The van der Waals surface area contributed by atoms with Gasteiger partial charge in [0.1, 0.15) is 35.2 Å². The highest BCUT2D eigenvalue weighted by atomic mass is 35.5. The lowest BCUT2D eigenvalue weighted by Crippen LogP contribution is -2.29. The van der Waals surface area contributed by atoms with E-state index in [1.807, 2.05) is 115 Å². The molecule has 0 radical (unpaired) electrons. The molecule has 0 aliphatic carbocycles. The largest absolute Gasteiger partial charge is 0.497 e. The van der Waals surface area contributed by atoms with Gasteiger partial charge in [0.15, 0.2) is 11.6 Å². The van der Waals surface area contributed by atoms with Crippen molar-refractivity contribution in [1.29, 1.82) is 0 Å². The zero-order chi connectivity index (χ0) is 46.3. The zero-order valence-electron chi connectivity index (χ0n) is 37.3. The SMILES string of the molecule is CCNC(=O)CC1N=C(c2ccc(SCC(=O)NCCCCNC(=O)CC3N=C(c4ccc(Cl)cc4)c4cc(OC)ccc4-n4c(C)nnc43)cc2)c2cc(OC)ccc2-n2c(C)nnc21. The Morgan fingerprint density at radius 2 is 1.11 bits per heavy atom. The van der Waals surface area contributed by atoms with Gasteiger partial charge in [-0.05, 0) is 94.3 Å². The number of halogens is 1. The standard InChI is InChI=1S/C48H50ClN11O5S/c1-6-50-42(61)25-38-47-57-55-28(2)59(47)41-20-16-34(65-5)24-37(41)46(53-38)31-11-17-35(18-12-31)66-27-44(63)52-22-8-7-21-51-43(62)26-39-48-58-56-29(3)60(48)40-19-15-33(64-4)23-36(40)45(54-39)30-9-13-32(49)14-10-30/h9-20,23-24,38-39H,6-8,21-22,25-27H2,1-5H3,(H,50,61)(H,51,62)(H,52,63). The van der Waals surface area contributed by atoms with Gasteiger partial charge in [0.2, 0.25) is 17.7 Å². The molecule has 0 spiro atoms. The van der Waals surface area contributed by atoms with E-state index < -0.39 is 12.1 Å². The summed E-state index contributed by atoms with van der Waals surface area (Å²) in [4.78, 5) is 50.3. The lowest BCUT2D eigenvalue weighted by molar-refractivity contribution is -0.122. The van der Waals surface area contributed by atoms with E-state index >= 15 is 0 Å². The third-order valence-corrected chi connectivity index (χ3v) is 12.5. The summed E-state index contributed by atoms with van der Waals surface area (Å²) in [6.45, 7) is 7.06. The number of methoxy groups -OCH3 is 2. The summed E-state index contributed by atoms with van der Waals surface area (Å²) in [5.41, 5.74) is 6.40. The Labute approximate surface area is 391 Å². The number of ether oxygens (including phenoxy) is 2. The Kier molecular flexibility index (Phi) is 14.2. The molecule has 2 aliphatic heterocycles. The van der Waals surface area contributed by atoms with Crippen molar-refractivity contribution in [2.45, 2.75) is 63.4 Å². The van der Waals surface area contributed by atoms with E-state index in [4.69, 9.17) is 31.1 Å². The number of aryl methyl sites for hydroxylation is 2. The van der Waals surface area contributed by atoms with Crippen molar-refractivity contribution in [3.63, 3.8) is 0 Å². The predicted molar refractivity (Wildman–Crippen MR) is 254 cm³/mol. The van der Waals surface area contributed by atoms with E-state index in [-0.39, 0.29) is 36.3 Å². The first-order valence-electron chi connectivity index (χ1n) is 21.7. The van der Waals surface area contributed by atoms with Crippen molar-refractivity contribution >= 4 is 52.5 Å². The van der Waals surface area contributed by atoms with Gasteiger partial charge in [0.25, 0.3) is 0 Å². The maximum Gasteiger partial charge on any atom is 0.230 e. The second-order valence-corrected chi connectivity index (χ2v) is 17.2. The van der Waals surface area contributed by atoms with Gasteiger partial charge in [0, 0.05) is 51.8 Å². The van der Waals surface area contributed by atoms with Crippen LogP contribution < -0.4 is 25.4 Å². The zero-order valence-corrected chi connectivity index (χ0v) is 38.9. The Balaban J connectivity index is 0.848. The summed E-state index contributed by atoms with van der Waals surface area (Å²) in [7, 11) is 3.24. The van der Waals surface area contributed by atoms with Gasteiger partial charge in [-0.25, -0.2) is 0 Å². The molecule has 16 nitrogen and oxygen atoms in total. The highest BCUT2D eigenvalue weighted by Crippen LogP contribution is 2.36. The molecule has 2 unspecified atom stereocenters. The molecule has 0 saturated carbocycles. The van der Waals surface area contributed by atoms with Crippen LogP contribution in [0.25, 0.3) is 11.4 Å². The molecule has 0 bridgehead atoms. The topological polar surface area (TPSA) is 192 Å². The second kappa shape index (κ2) is 20.5. The molecule has 2 aromatic heterocycles. The van der Waals surface area contributed by atoms with E-state index in [0.717, 1.165) is 38.5 Å². The summed E-state index contributed by atoms with van der Waals surface area (Å²) in [5, 5.41) is 27.1. The molecule has 340 valence electrons. The molecule has 3 N–H and O–H groups in total. The first-order chi connectivity index (χ1) is 32.0. The summed E-state index contributed by atoms with van der Waals surface area (Å²) in [6, 6.07) is 25.7. The number of fused-ring (bicyclic) bond motifs is 6. The first-order valence-corrected chi connectivity index (χ1v) is 23.1. The highest BCUT2D eigenvalue weighted by Gasteiger charge is 2.32. The van der Waals surface area contributed by atoms with E-state index in [0.29, 0.717) is 83.7 Å². The van der Waals surface area contributed by atoms with Crippen molar-refractivity contribution < 1.29 is 23.9 Å². The maximum atomic E-state index is 13.4. The average Bonchev–Trinajstić information content (AvgIpc) is 3.83. The van der Waals surface area contributed by atoms with Gasteiger partial charge in [-0.3, -0.25) is 33.5 Å². The van der Waals surface area contributed by atoms with Gasteiger partial charge in [-0.1, -0.05) is 35.9 Å². The number of benzene rings is 4. The van der Waals surface area contributed by atoms with Crippen LogP contribution >= 0.6 is 23.4 Å². The molecule has 3 amide bonds. The van der Waals surface area contributed by atoms with Gasteiger partial charge >= 0.3 is 0 Å². The number of thioether (sulfide) groups is 1. The molecule has 66 heavy (non-hydrogen) atoms. The number of aliphatic imine (C=N–C) groups is 2. The van der Waals surface area contributed by atoms with Gasteiger partial charge in [0.05, 0.1) is 55.6 Å². The van der Waals surface area contributed by atoms with Crippen molar-refractivity contribution in [2.75, 3.05) is 39.6 Å². The fourth-order valence-corrected chi connectivity index (χ4v) is 8.91. The fraction of sp³-hybridized carbons (Fsp3) is 0.312. The Bertz CT molecular complexity index is 2820. The maximum absolute atomic E-state index is 13.4. The van der Waals surface area contributed by atoms with E-state index in [9.17, 15) is 14.4 Å². The molecule has 2 atom stereocenters. The summed E-state index contributed by atoms with van der Waals surface area (Å²) in [5.74, 6) is 3.70. The van der Waals surface area contributed by atoms with Crippen LogP contribution in [0.2, 0.25) is 5.02 Å². The van der Waals surface area contributed by atoms with Crippen LogP contribution in [0.1, 0.15) is 90.2 Å². The normalized spacial score (nSPS) is 14.8. The minimum Gasteiger partial charge on any atom is -0.497 e. The van der Waals surface area contributed by atoms with Crippen LogP contribution in [0.4, 0.5) is 0 Å². The summed E-state index contributed by atoms with van der Waals surface area (Å²) < 4.78 is 15.1. The average molecular weight is 929 g/mol. The number of nitrogens with zero attached hydrogens (tertiary/aromatic N) is 8. The number of rotatable bonds is 17. The number of hydrogen-bond donors (Lipinski definition) is 3. The Morgan fingerprint density at radius 3 is 1.59 bits per heavy atom. The van der Waals surface area contributed by atoms with Crippen molar-refractivity contribution in [2.24, 2.45) is 9.98 Å². The molecule has 8 rings (SSSR count). The number of unbranched alkanes of at least 4 members (excludes halogenated alkanes) is 1. The number of carbonyl (C=O) groups is 3. The minimum absolute atomic E-state index is 0.0626. The highest BCUT2D eigenvalue weighted by molar-refractivity contribution is 8.00.